The van der Waals surface area contributed by atoms with Crippen LogP contribution in [0.2, 0.25) is 0 Å². The zero-order chi connectivity index (χ0) is 14.5. The molecule has 1 heterocycles. The van der Waals surface area contributed by atoms with Gasteiger partial charge < -0.3 is 4.74 Å². The predicted molar refractivity (Wildman–Crippen MR) is 86.9 cm³/mol. The number of allylic oxidation sites excluding steroid dienone is 1. The number of benzene rings is 1. The summed E-state index contributed by atoms with van der Waals surface area (Å²) < 4.78 is 11.0. The van der Waals surface area contributed by atoms with Crippen LogP contribution in [0.3, 0.4) is 0 Å². The molecule has 104 valence electrons. The van der Waals surface area contributed by atoms with Crippen molar-refractivity contribution in [3.63, 3.8) is 0 Å². The molecule has 0 spiro atoms. The number of ether oxygens (including phenoxy) is 1. The van der Waals surface area contributed by atoms with Crippen LogP contribution in [0.1, 0.15) is 42.6 Å². The zero-order valence-corrected chi connectivity index (χ0v) is 13.6. The zero-order valence-electron chi connectivity index (χ0n) is 11.5. The van der Waals surface area contributed by atoms with Crippen molar-refractivity contribution in [2.24, 2.45) is 0 Å². The third-order valence-electron chi connectivity index (χ3n) is 3.73. The lowest BCUT2D eigenvalue weighted by Crippen LogP contribution is -2.34. The third-order valence-corrected chi connectivity index (χ3v) is 5.29. The number of halogens is 1. The average Bonchev–Trinajstić information content (AvgIpc) is 2.43. The van der Waals surface area contributed by atoms with Gasteiger partial charge in [0, 0.05) is 20.3 Å². The van der Waals surface area contributed by atoms with Gasteiger partial charge in [-0.15, -0.1) is 0 Å². The Labute approximate surface area is 127 Å². The van der Waals surface area contributed by atoms with E-state index in [-0.39, 0.29) is 26.3 Å². The first-order valence-electron chi connectivity index (χ1n) is 6.47. The summed E-state index contributed by atoms with van der Waals surface area (Å²) >= 11 is -0.351. The van der Waals surface area contributed by atoms with Gasteiger partial charge >= 0.3 is 0 Å². The molecule has 1 aliphatic carbocycles. The van der Waals surface area contributed by atoms with Crippen LogP contribution >= 0.6 is 20.7 Å². The van der Waals surface area contributed by atoms with Crippen molar-refractivity contribution in [1.82, 2.24) is 0 Å². The molecule has 0 N–H and O–H groups in total. The Morgan fingerprint density at radius 3 is 2.65 bits per heavy atom. The summed E-state index contributed by atoms with van der Waals surface area (Å²) in [6.45, 7) is 4.01. The summed E-state index contributed by atoms with van der Waals surface area (Å²) in [6, 6.07) is 5.69. The van der Waals surface area contributed by atoms with Crippen molar-refractivity contribution in [2.45, 2.75) is 32.3 Å². The van der Waals surface area contributed by atoms with E-state index in [0.29, 0.717) is 23.3 Å². The molecule has 2 aliphatic rings. The highest BCUT2D eigenvalue weighted by atomic mass is 127. The van der Waals surface area contributed by atoms with E-state index in [1.54, 1.807) is 0 Å². The summed E-state index contributed by atoms with van der Waals surface area (Å²) in [5.41, 5.74) is 1.49. The van der Waals surface area contributed by atoms with Crippen LogP contribution < -0.4 is 0 Å². The number of fused-ring (bicyclic) bond motifs is 2. The van der Waals surface area contributed by atoms with Crippen LogP contribution in [0.25, 0.3) is 5.76 Å². The maximum Gasteiger partial charge on any atom is 0.234 e. The van der Waals surface area contributed by atoms with Crippen LogP contribution in [0.15, 0.2) is 23.8 Å². The number of rotatable bonds is 1. The van der Waals surface area contributed by atoms with Gasteiger partial charge in [0.2, 0.25) is 11.6 Å². The van der Waals surface area contributed by atoms with Crippen LogP contribution in [0.4, 0.5) is 0 Å². The van der Waals surface area contributed by atoms with Crippen molar-refractivity contribution in [1.29, 1.82) is 0 Å². The van der Waals surface area contributed by atoms with E-state index in [9.17, 15) is 9.59 Å². The Morgan fingerprint density at radius 2 is 1.95 bits per heavy atom. The second kappa shape index (κ2) is 4.62. The highest BCUT2D eigenvalue weighted by Gasteiger charge is 2.39. The van der Waals surface area contributed by atoms with E-state index in [2.05, 4.69) is 4.51 Å². The molecule has 1 aliphatic heterocycles. The second-order valence-corrected chi connectivity index (χ2v) is 7.66. The molecule has 0 atom stereocenters. The van der Waals surface area contributed by atoms with E-state index in [4.69, 9.17) is 4.74 Å². The minimum absolute atomic E-state index is 0.297. The van der Waals surface area contributed by atoms with Gasteiger partial charge in [-0.1, -0.05) is 25.2 Å². The van der Waals surface area contributed by atoms with Crippen molar-refractivity contribution in [3.8, 4) is 0 Å². The smallest absolute Gasteiger partial charge is 0.234 e. The highest BCUT2D eigenvalue weighted by molar-refractivity contribution is 14.2. The third kappa shape index (κ3) is 2.06. The first-order valence-corrected chi connectivity index (χ1v) is 9.07. The molecule has 0 aromatic heterocycles. The Morgan fingerprint density at radius 1 is 1.20 bits per heavy atom. The summed E-state index contributed by atoms with van der Waals surface area (Å²) in [7, 11) is 0. The quantitative estimate of drug-likeness (QED) is 0.553. The molecular formula is C16H15IO3. The summed E-state index contributed by atoms with van der Waals surface area (Å²) in [5.74, 6) is -0.196. The Balaban J connectivity index is 2.22. The molecule has 1 aromatic rings. The predicted octanol–water partition coefficient (Wildman–Crippen LogP) is 3.32. The van der Waals surface area contributed by atoms with Crippen LogP contribution in [0.5, 0.6) is 0 Å². The van der Waals surface area contributed by atoms with E-state index in [1.807, 2.05) is 32.0 Å². The molecule has 0 fully saturated rings. The van der Waals surface area contributed by atoms with Crippen LogP contribution in [-0.4, -0.2) is 21.7 Å². The van der Waals surface area contributed by atoms with Crippen molar-refractivity contribution >= 4 is 42.6 Å². The fourth-order valence-electron chi connectivity index (χ4n) is 2.61. The molecule has 0 radical (unpaired) electrons. The summed E-state index contributed by atoms with van der Waals surface area (Å²) in [4.78, 5) is 24.5. The fourth-order valence-corrected chi connectivity index (χ4v) is 3.57. The van der Waals surface area contributed by atoms with Crippen LogP contribution in [-0.2, 0) is 9.53 Å². The maximum absolute atomic E-state index is 12.3. The minimum Gasteiger partial charge on any atom is -0.487 e. The fraction of sp³-hybridized carbons (Fsp3) is 0.312. The Bertz CT molecular complexity index is 683. The number of ketones is 2. The largest absolute Gasteiger partial charge is 0.487 e. The summed E-state index contributed by atoms with van der Waals surface area (Å²) in [5, 5.41) is 0. The Kier molecular flexibility index (Phi) is 3.16. The lowest BCUT2D eigenvalue weighted by molar-refractivity contribution is -0.112. The van der Waals surface area contributed by atoms with E-state index in [1.165, 1.54) is 0 Å². The van der Waals surface area contributed by atoms with Crippen LogP contribution in [0, 0.1) is 3.57 Å². The average molecular weight is 382 g/mol. The molecule has 0 amide bonds. The van der Waals surface area contributed by atoms with Gasteiger partial charge in [-0.25, -0.2) is 0 Å². The minimum atomic E-state index is -0.402. The molecule has 3 nitrogen and oxygen atoms in total. The van der Waals surface area contributed by atoms with Gasteiger partial charge in [0.25, 0.3) is 0 Å². The standard InChI is InChI=1S/C16H15IO3/c1-16(2)7-6-11-13(18)14(19)12-8-9(17-3)4-5-10(12)15(11)20-16/h4-5,8H,3,6-7H2,1-2H3. The first-order chi connectivity index (χ1) is 9.43. The van der Waals surface area contributed by atoms with Crippen molar-refractivity contribution in [2.75, 3.05) is 0 Å². The van der Waals surface area contributed by atoms with E-state index < -0.39 is 11.6 Å². The van der Waals surface area contributed by atoms with Gasteiger partial charge in [0.1, 0.15) is 11.4 Å². The molecule has 20 heavy (non-hydrogen) atoms. The molecule has 0 saturated carbocycles. The molecule has 4 heteroatoms. The molecule has 0 unspecified atom stereocenters. The monoisotopic (exact) mass is 382 g/mol. The van der Waals surface area contributed by atoms with Crippen molar-refractivity contribution < 1.29 is 14.3 Å². The molecule has 0 bridgehead atoms. The highest BCUT2D eigenvalue weighted by Crippen LogP contribution is 2.41. The van der Waals surface area contributed by atoms with Gasteiger partial charge in [0.05, 0.1) is 0 Å². The molecular weight excluding hydrogens is 367 g/mol. The van der Waals surface area contributed by atoms with Gasteiger partial charge in [-0.3, -0.25) is 9.59 Å². The van der Waals surface area contributed by atoms with Gasteiger partial charge in [-0.05, 0) is 44.9 Å². The van der Waals surface area contributed by atoms with Gasteiger partial charge in [0.15, 0.2) is 0 Å². The van der Waals surface area contributed by atoms with Gasteiger partial charge in [-0.2, -0.15) is 0 Å². The normalized spacial score (nSPS) is 20.3. The maximum atomic E-state index is 12.3. The Hall–Kier alpha value is -1.30. The molecule has 3 rings (SSSR count). The molecule has 0 saturated heterocycles. The summed E-state index contributed by atoms with van der Waals surface area (Å²) in [6.07, 6.45) is 1.36. The topological polar surface area (TPSA) is 43.4 Å². The number of hydrogen-bond donors (Lipinski definition) is 0. The SMILES string of the molecule is C=Ic1ccc2c(c1)C(=O)C(=O)C1=C2OC(C)(C)CC1. The van der Waals surface area contributed by atoms with E-state index in [0.717, 1.165) is 15.6 Å². The number of carbonyl (C=O) groups excluding carboxylic acids is 2. The molecule has 1 aromatic carbocycles. The lowest BCUT2D eigenvalue weighted by Gasteiger charge is -2.36. The second-order valence-electron chi connectivity index (χ2n) is 5.65. The van der Waals surface area contributed by atoms with E-state index >= 15 is 0 Å². The lowest BCUT2D eigenvalue weighted by atomic mass is 9.82. The first kappa shape index (κ1) is 13.7. The van der Waals surface area contributed by atoms with Crippen molar-refractivity contribution in [3.05, 3.63) is 38.5 Å². The number of carbonyl (C=O) groups is 2. The number of hydrogen-bond acceptors (Lipinski definition) is 3. The number of Topliss-reactive ketones (excluding diaryl/α,β-unsaturated/α-hetero) is 2.